The minimum atomic E-state index is -0.217. The molecule has 0 bridgehead atoms. The van der Waals surface area contributed by atoms with Crippen molar-refractivity contribution >= 4 is 17.7 Å². The molecule has 1 rings (SSSR count). The van der Waals surface area contributed by atoms with Crippen LogP contribution in [0.5, 0.6) is 0 Å². The molecule has 0 saturated carbocycles. The molecule has 0 fully saturated rings. The number of aromatic nitrogens is 3. The van der Waals surface area contributed by atoms with Crippen molar-refractivity contribution in [2.45, 2.75) is 44.8 Å². The fourth-order valence-electron chi connectivity index (χ4n) is 1.42. The predicted molar refractivity (Wildman–Crippen MR) is 71.8 cm³/mol. The number of hydrogen-bond acceptors (Lipinski definition) is 4. The van der Waals surface area contributed by atoms with E-state index in [2.05, 4.69) is 22.4 Å². The van der Waals surface area contributed by atoms with Gasteiger partial charge in [-0.3, -0.25) is 9.36 Å². The van der Waals surface area contributed by atoms with Gasteiger partial charge in [0.2, 0.25) is 5.91 Å². The Balaban J connectivity index is 2.43. The van der Waals surface area contributed by atoms with Crippen LogP contribution in [-0.2, 0) is 11.3 Å². The number of carbonyl (C=O) groups excluding carboxylic acids is 1. The van der Waals surface area contributed by atoms with Crippen LogP contribution in [0.15, 0.2) is 9.95 Å². The SMILES string of the molecule is CCCCNC(=O)CSc1n[nH]c(=O)n1CCC. The summed E-state index contributed by atoms with van der Waals surface area (Å²) >= 11 is 1.28. The lowest BCUT2D eigenvalue weighted by Gasteiger charge is -2.04. The average molecular weight is 272 g/mol. The molecule has 0 aliphatic rings. The maximum atomic E-state index is 11.5. The van der Waals surface area contributed by atoms with Crippen LogP contribution in [-0.4, -0.2) is 33.0 Å². The number of amides is 1. The topological polar surface area (TPSA) is 79.8 Å². The highest BCUT2D eigenvalue weighted by atomic mass is 32.2. The fraction of sp³-hybridized carbons (Fsp3) is 0.727. The first-order chi connectivity index (χ1) is 8.69. The fourth-order valence-corrected chi connectivity index (χ4v) is 2.22. The van der Waals surface area contributed by atoms with Gasteiger partial charge in [0.1, 0.15) is 0 Å². The summed E-state index contributed by atoms with van der Waals surface area (Å²) in [6.45, 7) is 5.40. The summed E-state index contributed by atoms with van der Waals surface area (Å²) in [5, 5.41) is 9.72. The number of aromatic amines is 1. The molecule has 1 aromatic heterocycles. The van der Waals surface area contributed by atoms with Crippen LogP contribution in [0.4, 0.5) is 0 Å². The normalized spacial score (nSPS) is 10.6. The number of rotatable bonds is 8. The Hall–Kier alpha value is -1.24. The average Bonchev–Trinajstić information content (AvgIpc) is 2.69. The second-order valence-electron chi connectivity index (χ2n) is 3.96. The molecule has 1 amide bonds. The molecule has 1 heterocycles. The van der Waals surface area contributed by atoms with Gasteiger partial charge in [0.05, 0.1) is 5.75 Å². The largest absolute Gasteiger partial charge is 0.355 e. The third-order valence-corrected chi connectivity index (χ3v) is 3.33. The zero-order valence-corrected chi connectivity index (χ0v) is 11.7. The quantitative estimate of drug-likeness (QED) is 0.546. The van der Waals surface area contributed by atoms with Gasteiger partial charge in [0.25, 0.3) is 0 Å². The monoisotopic (exact) mass is 272 g/mol. The standard InChI is InChI=1S/C11H20N4O2S/c1-3-5-6-12-9(16)8-18-11-14-13-10(17)15(11)7-4-2/h3-8H2,1-2H3,(H,12,16)(H,13,17). The maximum Gasteiger partial charge on any atom is 0.343 e. The van der Waals surface area contributed by atoms with Gasteiger partial charge in [0.15, 0.2) is 5.16 Å². The molecule has 7 heteroatoms. The molecular formula is C11H20N4O2S. The summed E-state index contributed by atoms with van der Waals surface area (Å²) in [7, 11) is 0. The molecule has 0 aromatic carbocycles. The second kappa shape index (κ2) is 7.97. The van der Waals surface area contributed by atoms with Gasteiger partial charge in [-0.2, -0.15) is 0 Å². The van der Waals surface area contributed by atoms with Gasteiger partial charge in [0, 0.05) is 13.1 Å². The molecular weight excluding hydrogens is 252 g/mol. The molecule has 0 aliphatic carbocycles. The van der Waals surface area contributed by atoms with Gasteiger partial charge in [-0.05, 0) is 12.8 Å². The van der Waals surface area contributed by atoms with E-state index >= 15 is 0 Å². The van der Waals surface area contributed by atoms with Crippen molar-refractivity contribution in [3.05, 3.63) is 10.5 Å². The highest BCUT2D eigenvalue weighted by Gasteiger charge is 2.10. The molecule has 0 unspecified atom stereocenters. The minimum absolute atomic E-state index is 0.0213. The summed E-state index contributed by atoms with van der Waals surface area (Å²) in [5.74, 6) is 0.268. The number of nitrogens with one attached hydrogen (secondary N) is 2. The molecule has 0 saturated heterocycles. The Bertz CT molecular complexity index is 427. The van der Waals surface area contributed by atoms with Gasteiger partial charge in [-0.1, -0.05) is 32.0 Å². The first kappa shape index (κ1) is 14.8. The van der Waals surface area contributed by atoms with E-state index in [1.165, 1.54) is 11.8 Å². The number of thioether (sulfide) groups is 1. The zero-order valence-electron chi connectivity index (χ0n) is 10.9. The number of hydrogen-bond donors (Lipinski definition) is 2. The summed E-state index contributed by atoms with van der Waals surface area (Å²) in [6.07, 6.45) is 2.90. The highest BCUT2D eigenvalue weighted by molar-refractivity contribution is 7.99. The summed E-state index contributed by atoms with van der Waals surface area (Å²) in [6, 6.07) is 0. The molecule has 102 valence electrons. The van der Waals surface area contributed by atoms with Crippen molar-refractivity contribution in [3.8, 4) is 0 Å². The smallest absolute Gasteiger partial charge is 0.343 e. The van der Waals surface area contributed by atoms with Crippen molar-refractivity contribution in [1.82, 2.24) is 20.1 Å². The molecule has 0 spiro atoms. The summed E-state index contributed by atoms with van der Waals surface area (Å²) in [5.41, 5.74) is -0.217. The van der Waals surface area contributed by atoms with E-state index < -0.39 is 0 Å². The van der Waals surface area contributed by atoms with Crippen LogP contribution in [0, 0.1) is 0 Å². The van der Waals surface area contributed by atoms with E-state index in [1.54, 1.807) is 4.57 Å². The Morgan fingerprint density at radius 3 is 2.89 bits per heavy atom. The molecule has 1 aromatic rings. The van der Waals surface area contributed by atoms with Crippen LogP contribution in [0.25, 0.3) is 0 Å². The van der Waals surface area contributed by atoms with Gasteiger partial charge in [-0.25, -0.2) is 9.89 Å². The first-order valence-electron chi connectivity index (χ1n) is 6.23. The molecule has 0 aliphatic heterocycles. The lowest BCUT2D eigenvalue weighted by molar-refractivity contribution is -0.118. The minimum Gasteiger partial charge on any atom is -0.355 e. The predicted octanol–water partition coefficient (Wildman–Crippen LogP) is 0.990. The number of carbonyl (C=O) groups is 1. The van der Waals surface area contributed by atoms with E-state index in [0.29, 0.717) is 18.2 Å². The Labute approximate surface area is 111 Å². The van der Waals surface area contributed by atoms with E-state index in [0.717, 1.165) is 19.3 Å². The van der Waals surface area contributed by atoms with Crippen LogP contribution in [0.1, 0.15) is 33.1 Å². The summed E-state index contributed by atoms with van der Waals surface area (Å²) < 4.78 is 1.56. The third-order valence-electron chi connectivity index (χ3n) is 2.36. The van der Waals surface area contributed by atoms with Gasteiger partial charge < -0.3 is 5.32 Å². The van der Waals surface area contributed by atoms with Gasteiger partial charge in [-0.15, -0.1) is 5.10 Å². The second-order valence-corrected chi connectivity index (χ2v) is 4.90. The highest BCUT2D eigenvalue weighted by Crippen LogP contribution is 2.12. The Morgan fingerprint density at radius 1 is 1.44 bits per heavy atom. The Morgan fingerprint density at radius 2 is 2.22 bits per heavy atom. The third kappa shape index (κ3) is 4.56. The van der Waals surface area contributed by atoms with Crippen LogP contribution < -0.4 is 11.0 Å². The molecule has 18 heavy (non-hydrogen) atoms. The van der Waals surface area contributed by atoms with Crippen molar-refractivity contribution < 1.29 is 4.79 Å². The lowest BCUT2D eigenvalue weighted by Crippen LogP contribution is -2.26. The lowest BCUT2D eigenvalue weighted by atomic mass is 10.3. The van der Waals surface area contributed by atoms with E-state index in [9.17, 15) is 9.59 Å². The number of nitrogens with zero attached hydrogens (tertiary/aromatic N) is 2. The first-order valence-corrected chi connectivity index (χ1v) is 7.22. The van der Waals surface area contributed by atoms with E-state index in [-0.39, 0.29) is 17.3 Å². The molecule has 0 radical (unpaired) electrons. The number of H-pyrrole nitrogens is 1. The molecule has 0 atom stereocenters. The van der Waals surface area contributed by atoms with Crippen molar-refractivity contribution in [2.75, 3.05) is 12.3 Å². The van der Waals surface area contributed by atoms with Crippen LogP contribution >= 0.6 is 11.8 Å². The van der Waals surface area contributed by atoms with Crippen LogP contribution in [0.3, 0.4) is 0 Å². The van der Waals surface area contributed by atoms with Crippen molar-refractivity contribution in [1.29, 1.82) is 0 Å². The summed E-state index contributed by atoms with van der Waals surface area (Å²) in [4.78, 5) is 22.9. The van der Waals surface area contributed by atoms with E-state index in [4.69, 9.17) is 0 Å². The van der Waals surface area contributed by atoms with Crippen molar-refractivity contribution in [2.24, 2.45) is 0 Å². The number of unbranched alkanes of at least 4 members (excludes halogenated alkanes) is 1. The maximum absolute atomic E-state index is 11.5. The van der Waals surface area contributed by atoms with Crippen molar-refractivity contribution in [3.63, 3.8) is 0 Å². The van der Waals surface area contributed by atoms with E-state index in [1.807, 2.05) is 6.92 Å². The Kier molecular flexibility index (Phi) is 6.56. The van der Waals surface area contributed by atoms with Gasteiger partial charge >= 0.3 is 5.69 Å². The molecule has 2 N–H and O–H groups in total. The molecule has 6 nitrogen and oxygen atoms in total. The zero-order chi connectivity index (χ0) is 13.4. The van der Waals surface area contributed by atoms with Crippen LogP contribution in [0.2, 0.25) is 0 Å².